The van der Waals surface area contributed by atoms with Crippen LogP contribution in [-0.4, -0.2) is 34.6 Å². The number of halogens is 1. The summed E-state index contributed by atoms with van der Waals surface area (Å²) in [7, 11) is 1.61. The normalized spacial score (nSPS) is 10.2. The van der Waals surface area contributed by atoms with Crippen LogP contribution >= 0.6 is 0 Å². The minimum atomic E-state index is -0.568. The van der Waals surface area contributed by atoms with Crippen LogP contribution in [0.25, 0.3) is 0 Å². The minimum Gasteiger partial charge on any atom is -0.372 e. The average Bonchev–Trinajstić information content (AvgIpc) is 2.91. The fourth-order valence-corrected chi connectivity index (χ4v) is 1.50. The fourth-order valence-electron chi connectivity index (χ4n) is 1.50. The molecule has 0 radical (unpaired) electrons. The Kier molecular flexibility index (Phi) is 4.01. The maximum Gasteiger partial charge on any atom is 0.255 e. The first-order chi connectivity index (χ1) is 9.20. The Balaban J connectivity index is 1.97. The lowest BCUT2D eigenvalue weighted by molar-refractivity contribution is 0.0953. The molecule has 2 rings (SSSR count). The maximum absolute atomic E-state index is 13.1. The van der Waals surface area contributed by atoms with Gasteiger partial charge in [0, 0.05) is 20.0 Å². The van der Waals surface area contributed by atoms with Crippen molar-refractivity contribution in [2.45, 2.75) is 6.42 Å². The summed E-state index contributed by atoms with van der Waals surface area (Å²) in [5.74, 6) is -0.250. The van der Waals surface area contributed by atoms with Crippen molar-refractivity contribution in [3.8, 4) is 0 Å². The fraction of sp³-hybridized carbons (Fsp3) is 0.273. The summed E-state index contributed by atoms with van der Waals surface area (Å²) in [6, 6.07) is 1.13. The molecule has 2 heterocycles. The van der Waals surface area contributed by atoms with Gasteiger partial charge < -0.3 is 15.2 Å². The summed E-state index contributed by atoms with van der Waals surface area (Å²) in [6.07, 6.45) is 2.73. The summed E-state index contributed by atoms with van der Waals surface area (Å²) >= 11 is 0. The molecule has 0 saturated carbocycles. The van der Waals surface area contributed by atoms with Crippen molar-refractivity contribution in [3.63, 3.8) is 0 Å². The lowest BCUT2D eigenvalue weighted by Crippen LogP contribution is -2.27. The Labute approximate surface area is 108 Å². The number of carbonyl (C=O) groups is 1. The molecule has 2 aromatic heterocycles. The highest BCUT2D eigenvalue weighted by Crippen LogP contribution is 2.12. The van der Waals surface area contributed by atoms with Crippen LogP contribution in [-0.2, 0) is 6.42 Å². The van der Waals surface area contributed by atoms with Crippen LogP contribution in [0.5, 0.6) is 0 Å². The zero-order valence-electron chi connectivity index (χ0n) is 10.2. The third-order valence-electron chi connectivity index (χ3n) is 2.37. The molecule has 0 aliphatic rings. The van der Waals surface area contributed by atoms with Gasteiger partial charge in [-0.25, -0.2) is 9.37 Å². The first-order valence-corrected chi connectivity index (χ1v) is 5.57. The Morgan fingerprint density at radius 3 is 3.00 bits per heavy atom. The number of hydrogen-bond donors (Lipinski definition) is 2. The summed E-state index contributed by atoms with van der Waals surface area (Å²) in [5.41, 5.74) is 0.146. The Morgan fingerprint density at radius 2 is 2.32 bits per heavy atom. The zero-order valence-corrected chi connectivity index (χ0v) is 10.2. The van der Waals surface area contributed by atoms with Gasteiger partial charge in [0.1, 0.15) is 11.6 Å². The number of rotatable bonds is 5. The zero-order chi connectivity index (χ0) is 13.7. The van der Waals surface area contributed by atoms with Crippen molar-refractivity contribution in [3.05, 3.63) is 35.9 Å². The molecule has 0 aromatic carbocycles. The molecule has 100 valence electrons. The van der Waals surface area contributed by atoms with Gasteiger partial charge in [0.05, 0.1) is 11.8 Å². The van der Waals surface area contributed by atoms with Gasteiger partial charge in [-0.15, -0.1) is 0 Å². The maximum atomic E-state index is 13.1. The Morgan fingerprint density at radius 1 is 1.47 bits per heavy atom. The molecule has 19 heavy (non-hydrogen) atoms. The standard InChI is InChI=1S/C11H12FN5O2/c1-13-10-8(4-7(12)5-15-10)11(18)14-3-2-9-16-6-17-19-9/h4-6H,2-3H2,1H3,(H,13,15)(H,14,18). The second-order valence-electron chi connectivity index (χ2n) is 3.64. The van der Waals surface area contributed by atoms with Crippen LogP contribution in [0, 0.1) is 5.82 Å². The summed E-state index contributed by atoms with van der Waals surface area (Å²) in [4.78, 5) is 19.5. The average molecular weight is 265 g/mol. The van der Waals surface area contributed by atoms with E-state index in [1.807, 2.05) is 0 Å². The summed E-state index contributed by atoms with van der Waals surface area (Å²) < 4.78 is 17.9. The molecule has 2 aromatic rings. The van der Waals surface area contributed by atoms with E-state index in [9.17, 15) is 9.18 Å². The molecule has 8 heteroatoms. The van der Waals surface area contributed by atoms with Gasteiger partial charge in [-0.2, -0.15) is 4.98 Å². The number of nitrogens with one attached hydrogen (secondary N) is 2. The van der Waals surface area contributed by atoms with Crippen molar-refractivity contribution in [1.82, 2.24) is 20.4 Å². The predicted molar refractivity (Wildman–Crippen MR) is 64.1 cm³/mol. The minimum absolute atomic E-state index is 0.146. The molecule has 0 bridgehead atoms. The first kappa shape index (κ1) is 12.9. The van der Waals surface area contributed by atoms with E-state index >= 15 is 0 Å². The van der Waals surface area contributed by atoms with Gasteiger partial charge in [0.15, 0.2) is 6.33 Å². The third-order valence-corrected chi connectivity index (χ3v) is 2.37. The van der Waals surface area contributed by atoms with Gasteiger partial charge in [-0.1, -0.05) is 5.16 Å². The van der Waals surface area contributed by atoms with E-state index in [0.717, 1.165) is 12.3 Å². The van der Waals surface area contributed by atoms with Gasteiger partial charge >= 0.3 is 0 Å². The highest BCUT2D eigenvalue weighted by Gasteiger charge is 2.13. The van der Waals surface area contributed by atoms with Crippen molar-refractivity contribution >= 4 is 11.7 Å². The molecule has 0 saturated heterocycles. The second-order valence-corrected chi connectivity index (χ2v) is 3.64. The predicted octanol–water partition coefficient (Wildman–Crippen LogP) is 0.618. The monoisotopic (exact) mass is 265 g/mol. The van der Waals surface area contributed by atoms with Gasteiger partial charge in [-0.05, 0) is 6.07 Å². The summed E-state index contributed by atoms with van der Waals surface area (Å²) in [6.45, 7) is 0.306. The number of amides is 1. The van der Waals surface area contributed by atoms with Crippen LogP contribution in [0.1, 0.15) is 16.2 Å². The highest BCUT2D eigenvalue weighted by molar-refractivity contribution is 5.98. The lowest BCUT2D eigenvalue weighted by atomic mass is 10.2. The van der Waals surface area contributed by atoms with Crippen LogP contribution in [0.2, 0.25) is 0 Å². The number of anilines is 1. The van der Waals surface area contributed by atoms with E-state index in [0.29, 0.717) is 24.7 Å². The van der Waals surface area contributed by atoms with Gasteiger partial charge in [0.25, 0.3) is 5.91 Å². The quantitative estimate of drug-likeness (QED) is 0.823. The van der Waals surface area contributed by atoms with E-state index in [1.165, 1.54) is 6.33 Å². The smallest absolute Gasteiger partial charge is 0.255 e. The van der Waals surface area contributed by atoms with Crippen molar-refractivity contribution in [1.29, 1.82) is 0 Å². The molecule has 0 fully saturated rings. The van der Waals surface area contributed by atoms with Crippen LogP contribution in [0.4, 0.5) is 10.2 Å². The molecule has 0 spiro atoms. The molecule has 1 amide bonds. The number of carbonyl (C=O) groups excluding carboxylic acids is 1. The van der Waals surface area contributed by atoms with Crippen LogP contribution in [0.3, 0.4) is 0 Å². The van der Waals surface area contributed by atoms with Crippen molar-refractivity contribution in [2.75, 3.05) is 18.9 Å². The second kappa shape index (κ2) is 5.89. The molecular weight excluding hydrogens is 253 g/mol. The SMILES string of the molecule is CNc1ncc(F)cc1C(=O)NCCc1ncno1. The van der Waals surface area contributed by atoms with Crippen molar-refractivity contribution in [2.24, 2.45) is 0 Å². The van der Waals surface area contributed by atoms with Gasteiger partial charge in [-0.3, -0.25) is 4.79 Å². The highest BCUT2D eigenvalue weighted by atomic mass is 19.1. The van der Waals surface area contributed by atoms with Crippen molar-refractivity contribution < 1.29 is 13.7 Å². The van der Waals surface area contributed by atoms with E-state index in [4.69, 9.17) is 4.52 Å². The molecule has 0 atom stereocenters. The number of nitrogens with zero attached hydrogens (tertiary/aromatic N) is 3. The molecule has 2 N–H and O–H groups in total. The Hall–Kier alpha value is -2.51. The number of aromatic nitrogens is 3. The Bertz CT molecular complexity index is 558. The largest absolute Gasteiger partial charge is 0.372 e. The molecular formula is C11H12FN5O2. The molecule has 0 aliphatic heterocycles. The summed E-state index contributed by atoms with van der Waals surface area (Å²) in [5, 5.41) is 8.80. The topological polar surface area (TPSA) is 92.9 Å². The van der Waals surface area contributed by atoms with Gasteiger partial charge in [0.2, 0.25) is 5.89 Å². The lowest BCUT2D eigenvalue weighted by Gasteiger charge is -2.08. The van der Waals surface area contributed by atoms with E-state index in [-0.39, 0.29) is 5.56 Å². The van der Waals surface area contributed by atoms with Crippen LogP contribution < -0.4 is 10.6 Å². The molecule has 0 aliphatic carbocycles. The van der Waals surface area contributed by atoms with E-state index in [1.54, 1.807) is 7.05 Å². The molecule has 0 unspecified atom stereocenters. The first-order valence-electron chi connectivity index (χ1n) is 5.57. The van der Waals surface area contributed by atoms with Crippen LogP contribution in [0.15, 0.2) is 23.1 Å². The molecule has 7 nitrogen and oxygen atoms in total. The van der Waals surface area contributed by atoms with E-state index in [2.05, 4.69) is 25.8 Å². The number of pyridine rings is 1. The number of hydrogen-bond acceptors (Lipinski definition) is 6. The van der Waals surface area contributed by atoms with E-state index < -0.39 is 11.7 Å². The third kappa shape index (κ3) is 3.24.